The summed E-state index contributed by atoms with van der Waals surface area (Å²) in [7, 11) is 0. The molecule has 9 nitrogen and oxygen atoms in total. The molecule has 0 atom stereocenters. The molecule has 0 unspecified atom stereocenters. The number of benzene rings is 2. The number of hydrogen-bond acceptors (Lipinski definition) is 8. The Morgan fingerprint density at radius 1 is 1.04 bits per heavy atom. The van der Waals surface area contributed by atoms with Crippen LogP contribution in [0.15, 0.2) is 60.9 Å². The largest absolute Gasteiger partial charge is 0.462 e. The van der Waals surface area contributed by atoms with Crippen LogP contribution in [0.25, 0.3) is 0 Å². The highest BCUT2D eigenvalue weighted by molar-refractivity contribution is 5.91. The number of rotatable bonds is 7. The zero-order valence-corrected chi connectivity index (χ0v) is 15.0. The van der Waals surface area contributed by atoms with E-state index in [9.17, 15) is 14.9 Å². The minimum Gasteiger partial charge on any atom is -0.462 e. The van der Waals surface area contributed by atoms with Gasteiger partial charge < -0.3 is 15.4 Å². The Balaban J connectivity index is 1.92. The first-order valence-electron chi connectivity index (χ1n) is 8.44. The van der Waals surface area contributed by atoms with Gasteiger partial charge >= 0.3 is 11.7 Å². The van der Waals surface area contributed by atoms with E-state index in [0.717, 1.165) is 0 Å². The van der Waals surface area contributed by atoms with Gasteiger partial charge in [-0.25, -0.2) is 14.8 Å². The maximum absolute atomic E-state index is 11.9. The summed E-state index contributed by atoms with van der Waals surface area (Å²) < 4.78 is 4.97. The van der Waals surface area contributed by atoms with E-state index >= 15 is 0 Å². The number of nitrogens with one attached hydrogen (secondary N) is 2. The number of esters is 1. The van der Waals surface area contributed by atoms with Crippen LogP contribution in [0, 0.1) is 10.1 Å². The van der Waals surface area contributed by atoms with Crippen LogP contribution in [0.5, 0.6) is 0 Å². The van der Waals surface area contributed by atoms with Gasteiger partial charge in [0.2, 0.25) is 11.6 Å². The van der Waals surface area contributed by atoms with E-state index < -0.39 is 10.9 Å². The topological polar surface area (TPSA) is 119 Å². The van der Waals surface area contributed by atoms with E-state index in [4.69, 9.17) is 4.74 Å². The standard InChI is InChI=1S/C19H17N5O4/c1-2-28-19(25)13-7-6-10-15(11-13)23-18-16(24(26)27)17(20-12-21-18)22-14-8-4-3-5-9-14/h3-12H,2H2,1H3,(H2,20,21,22,23). The molecule has 2 N–H and O–H groups in total. The number of hydrogen-bond donors (Lipinski definition) is 2. The molecule has 1 heterocycles. The molecule has 0 saturated carbocycles. The van der Waals surface area contributed by atoms with Crippen molar-refractivity contribution in [1.29, 1.82) is 0 Å². The smallest absolute Gasteiger partial charge is 0.353 e. The molecule has 0 amide bonds. The van der Waals surface area contributed by atoms with E-state index in [1.165, 1.54) is 12.4 Å². The lowest BCUT2D eigenvalue weighted by Gasteiger charge is -2.11. The van der Waals surface area contributed by atoms with Crippen LogP contribution in [-0.4, -0.2) is 27.5 Å². The molecule has 3 aromatic rings. The number of nitro groups is 1. The predicted molar refractivity (Wildman–Crippen MR) is 104 cm³/mol. The normalized spacial score (nSPS) is 10.2. The molecule has 0 aliphatic carbocycles. The van der Waals surface area contributed by atoms with Crippen molar-refractivity contribution in [3.05, 3.63) is 76.6 Å². The lowest BCUT2D eigenvalue weighted by molar-refractivity contribution is -0.383. The van der Waals surface area contributed by atoms with Crippen molar-refractivity contribution < 1.29 is 14.5 Å². The summed E-state index contributed by atoms with van der Waals surface area (Å²) in [6.45, 7) is 1.97. The summed E-state index contributed by atoms with van der Waals surface area (Å²) in [5, 5.41) is 17.5. The first-order valence-corrected chi connectivity index (χ1v) is 8.44. The van der Waals surface area contributed by atoms with Gasteiger partial charge in [-0.15, -0.1) is 0 Å². The van der Waals surface area contributed by atoms with Gasteiger partial charge in [-0.2, -0.15) is 0 Å². The third-order valence-electron chi connectivity index (χ3n) is 3.68. The van der Waals surface area contributed by atoms with Gasteiger partial charge in [0.1, 0.15) is 6.33 Å². The van der Waals surface area contributed by atoms with Crippen molar-refractivity contribution in [3.8, 4) is 0 Å². The Morgan fingerprint density at radius 3 is 2.32 bits per heavy atom. The highest BCUT2D eigenvalue weighted by Gasteiger charge is 2.23. The third-order valence-corrected chi connectivity index (χ3v) is 3.68. The Kier molecular flexibility index (Phi) is 5.75. The second-order valence-electron chi connectivity index (χ2n) is 5.59. The highest BCUT2D eigenvalue weighted by Crippen LogP contribution is 2.33. The van der Waals surface area contributed by atoms with E-state index in [0.29, 0.717) is 16.9 Å². The minimum atomic E-state index is -0.567. The molecule has 0 aliphatic heterocycles. The quantitative estimate of drug-likeness (QED) is 0.358. The van der Waals surface area contributed by atoms with Crippen LogP contribution < -0.4 is 10.6 Å². The average Bonchev–Trinajstić information content (AvgIpc) is 2.69. The molecule has 0 saturated heterocycles. The summed E-state index contributed by atoms with van der Waals surface area (Å²) >= 11 is 0. The summed E-state index contributed by atoms with van der Waals surface area (Å²) in [4.78, 5) is 31.0. The summed E-state index contributed by atoms with van der Waals surface area (Å²) in [5.41, 5.74) is 1.12. The van der Waals surface area contributed by atoms with Gasteiger partial charge in [0.15, 0.2) is 0 Å². The molecule has 0 aliphatic rings. The molecule has 0 fully saturated rings. The Hall–Kier alpha value is -4.01. The molecule has 2 aromatic carbocycles. The number of anilines is 4. The fourth-order valence-electron chi connectivity index (χ4n) is 2.47. The molecular weight excluding hydrogens is 362 g/mol. The van der Waals surface area contributed by atoms with Gasteiger partial charge in [-0.1, -0.05) is 24.3 Å². The number of ether oxygens (including phenoxy) is 1. The molecule has 1 aromatic heterocycles. The Bertz CT molecular complexity index is 995. The lowest BCUT2D eigenvalue weighted by Crippen LogP contribution is -2.07. The third kappa shape index (κ3) is 4.39. The molecule has 28 heavy (non-hydrogen) atoms. The van der Waals surface area contributed by atoms with Crippen LogP contribution in [0.1, 0.15) is 17.3 Å². The first-order chi connectivity index (χ1) is 13.6. The summed E-state index contributed by atoms with van der Waals surface area (Å²) in [6, 6.07) is 15.4. The predicted octanol–water partition coefficient (Wildman–Crippen LogP) is 4.05. The number of carbonyl (C=O) groups is 1. The average molecular weight is 379 g/mol. The van der Waals surface area contributed by atoms with Gasteiger partial charge in [0.05, 0.1) is 17.1 Å². The van der Waals surface area contributed by atoms with Crippen molar-refractivity contribution in [1.82, 2.24) is 9.97 Å². The van der Waals surface area contributed by atoms with Crippen molar-refractivity contribution in [2.24, 2.45) is 0 Å². The fourth-order valence-corrected chi connectivity index (χ4v) is 2.47. The van der Waals surface area contributed by atoms with Crippen LogP contribution in [0.4, 0.5) is 28.7 Å². The minimum absolute atomic E-state index is 0.000519. The van der Waals surface area contributed by atoms with E-state index in [-0.39, 0.29) is 23.9 Å². The van der Waals surface area contributed by atoms with Crippen molar-refractivity contribution in [2.75, 3.05) is 17.2 Å². The molecule has 3 rings (SSSR count). The maximum Gasteiger partial charge on any atom is 0.353 e. The van der Waals surface area contributed by atoms with Crippen LogP contribution >= 0.6 is 0 Å². The van der Waals surface area contributed by atoms with Crippen LogP contribution in [0.3, 0.4) is 0 Å². The number of para-hydroxylation sites is 1. The molecule has 0 radical (unpaired) electrons. The zero-order valence-electron chi connectivity index (χ0n) is 15.0. The first kappa shape index (κ1) is 18.8. The van der Waals surface area contributed by atoms with Crippen molar-refractivity contribution in [3.63, 3.8) is 0 Å². The van der Waals surface area contributed by atoms with Crippen molar-refractivity contribution in [2.45, 2.75) is 6.92 Å². The van der Waals surface area contributed by atoms with E-state index in [2.05, 4.69) is 20.6 Å². The Labute approximate surface area is 160 Å². The van der Waals surface area contributed by atoms with Gasteiger partial charge in [-0.3, -0.25) is 10.1 Å². The zero-order chi connectivity index (χ0) is 19.9. The van der Waals surface area contributed by atoms with Gasteiger partial charge in [-0.05, 0) is 37.3 Å². The Morgan fingerprint density at radius 2 is 1.68 bits per heavy atom. The second kappa shape index (κ2) is 8.58. The number of nitrogens with zero attached hydrogens (tertiary/aromatic N) is 3. The number of aromatic nitrogens is 2. The fraction of sp³-hybridized carbons (Fsp3) is 0.105. The van der Waals surface area contributed by atoms with E-state index in [1.54, 1.807) is 49.4 Å². The van der Waals surface area contributed by atoms with Crippen molar-refractivity contribution >= 4 is 34.7 Å². The van der Waals surface area contributed by atoms with Gasteiger partial charge in [0, 0.05) is 11.4 Å². The molecule has 0 bridgehead atoms. The molecular formula is C19H17N5O4. The SMILES string of the molecule is CCOC(=O)c1cccc(Nc2ncnc(Nc3ccccc3)c2[N+](=O)[O-])c1. The van der Waals surface area contributed by atoms with Crippen LogP contribution in [-0.2, 0) is 4.74 Å². The number of carbonyl (C=O) groups excluding carboxylic acids is 1. The van der Waals surface area contributed by atoms with Gasteiger partial charge in [0.25, 0.3) is 0 Å². The molecule has 9 heteroatoms. The van der Waals surface area contributed by atoms with Crippen LogP contribution in [0.2, 0.25) is 0 Å². The second-order valence-corrected chi connectivity index (χ2v) is 5.59. The molecule has 142 valence electrons. The van der Waals surface area contributed by atoms with E-state index in [1.807, 2.05) is 6.07 Å². The summed E-state index contributed by atoms with van der Waals surface area (Å²) in [6.07, 6.45) is 1.22. The maximum atomic E-state index is 11.9. The molecule has 0 spiro atoms. The monoisotopic (exact) mass is 379 g/mol. The highest BCUT2D eigenvalue weighted by atomic mass is 16.6. The summed E-state index contributed by atoms with van der Waals surface area (Å²) in [5.74, 6) is -0.426. The lowest BCUT2D eigenvalue weighted by atomic mass is 10.2.